The third kappa shape index (κ3) is 5.87. The molecule has 0 amide bonds. The summed E-state index contributed by atoms with van der Waals surface area (Å²) in [6.07, 6.45) is 0.793. The monoisotopic (exact) mass is 347 g/mol. The lowest BCUT2D eigenvalue weighted by Crippen LogP contribution is -2.35. The summed E-state index contributed by atoms with van der Waals surface area (Å²) in [7, 11) is 1.82. The molecule has 1 N–H and O–H groups in total. The third-order valence-corrected chi connectivity index (χ3v) is 4.16. The first-order valence-corrected chi connectivity index (χ1v) is 8.20. The summed E-state index contributed by atoms with van der Waals surface area (Å²) in [6, 6.07) is 15.6. The Morgan fingerprint density at radius 1 is 1.12 bits per heavy atom. The molecule has 5 heteroatoms. The molecule has 2 rings (SSSR count). The fourth-order valence-corrected chi connectivity index (χ4v) is 2.46. The standard InChI is InChI=1S/C19H22ClNO3/c1-14(21(2)12-19(22)23)11-15-5-9-18(10-6-15)24-13-16-3-7-17(20)8-4-16/h3-10,14H,11-13H2,1-2H3,(H,22,23)/t14-/m1/s1. The van der Waals surface area contributed by atoms with Gasteiger partial charge in [0.1, 0.15) is 12.4 Å². The molecule has 1 atom stereocenters. The predicted molar refractivity (Wildman–Crippen MR) is 95.7 cm³/mol. The first-order valence-electron chi connectivity index (χ1n) is 7.82. The molecule has 0 fully saturated rings. The number of halogens is 1. The largest absolute Gasteiger partial charge is 0.489 e. The highest BCUT2D eigenvalue weighted by molar-refractivity contribution is 6.30. The van der Waals surface area contributed by atoms with Gasteiger partial charge in [-0.25, -0.2) is 0 Å². The summed E-state index contributed by atoms with van der Waals surface area (Å²) in [6.45, 7) is 2.56. The summed E-state index contributed by atoms with van der Waals surface area (Å²) >= 11 is 5.86. The van der Waals surface area contributed by atoms with E-state index in [0.29, 0.717) is 11.6 Å². The SMILES string of the molecule is C[C@H](Cc1ccc(OCc2ccc(Cl)cc2)cc1)N(C)CC(=O)O. The second-order valence-corrected chi connectivity index (χ2v) is 6.36. The van der Waals surface area contributed by atoms with Gasteiger partial charge in [0.2, 0.25) is 0 Å². The maximum absolute atomic E-state index is 10.8. The first-order chi connectivity index (χ1) is 11.4. The zero-order chi connectivity index (χ0) is 17.5. The normalized spacial score (nSPS) is 12.2. The second-order valence-electron chi connectivity index (χ2n) is 5.92. The Kier molecular flexibility index (Phi) is 6.64. The summed E-state index contributed by atoms with van der Waals surface area (Å²) in [4.78, 5) is 12.6. The predicted octanol–water partition coefficient (Wildman–Crippen LogP) is 3.87. The van der Waals surface area contributed by atoms with Crippen molar-refractivity contribution in [1.82, 2.24) is 4.90 Å². The van der Waals surface area contributed by atoms with Crippen molar-refractivity contribution in [2.24, 2.45) is 0 Å². The molecule has 128 valence electrons. The maximum atomic E-state index is 10.8. The van der Waals surface area contributed by atoms with E-state index in [1.165, 1.54) is 0 Å². The topological polar surface area (TPSA) is 49.8 Å². The Hall–Kier alpha value is -2.04. The zero-order valence-corrected chi connectivity index (χ0v) is 14.7. The molecular weight excluding hydrogens is 326 g/mol. The molecule has 0 spiro atoms. The number of benzene rings is 2. The third-order valence-electron chi connectivity index (χ3n) is 3.91. The molecule has 0 aliphatic rings. The molecule has 0 aromatic heterocycles. The van der Waals surface area contributed by atoms with Crippen LogP contribution < -0.4 is 4.74 Å². The summed E-state index contributed by atoms with van der Waals surface area (Å²) in [5.74, 6) is -0.00413. The average Bonchev–Trinajstić information content (AvgIpc) is 2.55. The minimum atomic E-state index is -0.810. The van der Waals surface area contributed by atoms with Gasteiger partial charge in [0.05, 0.1) is 6.54 Å². The van der Waals surface area contributed by atoms with Crippen molar-refractivity contribution >= 4 is 17.6 Å². The van der Waals surface area contributed by atoms with E-state index < -0.39 is 5.97 Å². The van der Waals surface area contributed by atoms with Crippen molar-refractivity contribution in [2.75, 3.05) is 13.6 Å². The highest BCUT2D eigenvalue weighted by Crippen LogP contribution is 2.17. The number of nitrogens with zero attached hydrogens (tertiary/aromatic N) is 1. The van der Waals surface area contributed by atoms with E-state index in [0.717, 1.165) is 23.3 Å². The zero-order valence-electron chi connectivity index (χ0n) is 13.9. The average molecular weight is 348 g/mol. The lowest BCUT2D eigenvalue weighted by molar-refractivity contribution is -0.138. The van der Waals surface area contributed by atoms with Gasteiger partial charge in [-0.05, 0) is 55.8 Å². The minimum absolute atomic E-state index is 0.0451. The number of likely N-dealkylation sites (N-methyl/N-ethyl adjacent to an activating group) is 1. The van der Waals surface area contributed by atoms with Gasteiger partial charge in [-0.2, -0.15) is 0 Å². The summed E-state index contributed by atoms with van der Waals surface area (Å²) in [5.41, 5.74) is 2.21. The van der Waals surface area contributed by atoms with Crippen LogP contribution >= 0.6 is 11.6 Å². The summed E-state index contributed by atoms with van der Waals surface area (Å²) in [5, 5.41) is 9.55. The molecule has 0 saturated heterocycles. The smallest absolute Gasteiger partial charge is 0.317 e. The van der Waals surface area contributed by atoms with E-state index >= 15 is 0 Å². The fraction of sp³-hybridized carbons (Fsp3) is 0.316. The number of aliphatic carboxylic acids is 1. The Morgan fingerprint density at radius 2 is 1.71 bits per heavy atom. The van der Waals surface area contributed by atoms with E-state index in [9.17, 15) is 4.79 Å². The molecule has 0 heterocycles. The van der Waals surface area contributed by atoms with E-state index in [4.69, 9.17) is 21.4 Å². The Balaban J connectivity index is 1.86. The van der Waals surface area contributed by atoms with Gasteiger partial charge < -0.3 is 9.84 Å². The van der Waals surface area contributed by atoms with Crippen LogP contribution in [0.2, 0.25) is 5.02 Å². The van der Waals surface area contributed by atoms with Crippen LogP contribution in [0, 0.1) is 0 Å². The highest BCUT2D eigenvalue weighted by atomic mass is 35.5. The van der Waals surface area contributed by atoms with Crippen molar-refractivity contribution in [3.63, 3.8) is 0 Å². The molecule has 24 heavy (non-hydrogen) atoms. The molecule has 4 nitrogen and oxygen atoms in total. The molecule has 0 aliphatic heterocycles. The van der Waals surface area contributed by atoms with Crippen LogP contribution in [0.5, 0.6) is 5.75 Å². The quantitative estimate of drug-likeness (QED) is 0.787. The minimum Gasteiger partial charge on any atom is -0.489 e. The number of carbonyl (C=O) groups is 1. The van der Waals surface area contributed by atoms with Crippen LogP contribution in [0.3, 0.4) is 0 Å². The molecule has 2 aromatic carbocycles. The van der Waals surface area contributed by atoms with Crippen molar-refractivity contribution in [3.05, 3.63) is 64.7 Å². The van der Waals surface area contributed by atoms with Gasteiger partial charge in [0.15, 0.2) is 0 Å². The van der Waals surface area contributed by atoms with Crippen molar-refractivity contribution in [3.8, 4) is 5.75 Å². The van der Waals surface area contributed by atoms with Crippen LogP contribution in [0.1, 0.15) is 18.1 Å². The van der Waals surface area contributed by atoms with Gasteiger partial charge in [0.25, 0.3) is 0 Å². The van der Waals surface area contributed by atoms with Gasteiger partial charge in [-0.1, -0.05) is 35.9 Å². The van der Waals surface area contributed by atoms with Gasteiger partial charge in [-0.15, -0.1) is 0 Å². The van der Waals surface area contributed by atoms with Crippen molar-refractivity contribution in [1.29, 1.82) is 0 Å². The number of hydrogen-bond acceptors (Lipinski definition) is 3. The number of rotatable bonds is 8. The molecule has 0 aliphatic carbocycles. The van der Waals surface area contributed by atoms with Crippen LogP contribution in [-0.2, 0) is 17.8 Å². The highest BCUT2D eigenvalue weighted by Gasteiger charge is 2.12. The van der Waals surface area contributed by atoms with E-state index in [1.807, 2.05) is 67.4 Å². The van der Waals surface area contributed by atoms with Gasteiger partial charge in [-0.3, -0.25) is 9.69 Å². The number of carboxylic acids is 1. The first kappa shape index (κ1) is 18.3. The van der Waals surface area contributed by atoms with Gasteiger partial charge in [0, 0.05) is 11.1 Å². The van der Waals surface area contributed by atoms with Crippen LogP contribution in [0.15, 0.2) is 48.5 Å². The van der Waals surface area contributed by atoms with Crippen LogP contribution in [0.4, 0.5) is 0 Å². The lowest BCUT2D eigenvalue weighted by atomic mass is 10.1. The lowest BCUT2D eigenvalue weighted by Gasteiger charge is -2.22. The molecular formula is C19H22ClNO3. The maximum Gasteiger partial charge on any atom is 0.317 e. The van der Waals surface area contributed by atoms with Crippen molar-refractivity contribution < 1.29 is 14.6 Å². The Morgan fingerprint density at radius 3 is 2.29 bits per heavy atom. The fourth-order valence-electron chi connectivity index (χ4n) is 2.34. The van der Waals surface area contributed by atoms with E-state index in [-0.39, 0.29) is 12.6 Å². The van der Waals surface area contributed by atoms with Crippen LogP contribution in [0.25, 0.3) is 0 Å². The van der Waals surface area contributed by atoms with Gasteiger partial charge >= 0.3 is 5.97 Å². The Labute approximate surface area is 147 Å². The Bertz CT molecular complexity index is 655. The summed E-state index contributed by atoms with van der Waals surface area (Å²) < 4.78 is 5.76. The molecule has 0 radical (unpaired) electrons. The number of ether oxygens (including phenoxy) is 1. The second kappa shape index (κ2) is 8.71. The number of hydrogen-bond donors (Lipinski definition) is 1. The van der Waals surface area contributed by atoms with Crippen LogP contribution in [-0.4, -0.2) is 35.6 Å². The van der Waals surface area contributed by atoms with E-state index in [1.54, 1.807) is 0 Å². The van der Waals surface area contributed by atoms with E-state index in [2.05, 4.69) is 0 Å². The molecule has 0 unspecified atom stereocenters. The molecule has 2 aromatic rings. The molecule has 0 saturated carbocycles. The molecule has 0 bridgehead atoms. The number of carboxylic acid groups (broad SMARTS) is 1. The van der Waals surface area contributed by atoms with Crippen molar-refractivity contribution in [2.45, 2.75) is 26.0 Å².